The normalized spacial score (nSPS) is 10.4. The van der Waals surface area contributed by atoms with Crippen molar-refractivity contribution in [3.63, 3.8) is 0 Å². The van der Waals surface area contributed by atoms with Gasteiger partial charge in [-0.25, -0.2) is 0 Å². The second kappa shape index (κ2) is 4.18. The summed E-state index contributed by atoms with van der Waals surface area (Å²) in [5.41, 5.74) is 0.737. The lowest BCUT2D eigenvalue weighted by molar-refractivity contribution is -0.133. The molecule has 2 aromatic heterocycles. The quantitative estimate of drug-likeness (QED) is 0.760. The minimum absolute atomic E-state index is 0.0909. The first-order chi connectivity index (χ1) is 7.25. The third-order valence-electron chi connectivity index (χ3n) is 1.57. The highest BCUT2D eigenvalue weighted by atomic mass is 32.2. The van der Waals surface area contributed by atoms with Crippen LogP contribution in [0.4, 0.5) is 0 Å². The van der Waals surface area contributed by atoms with Gasteiger partial charge < -0.3 is 14.6 Å². The molecule has 0 aliphatic carbocycles. The summed E-state index contributed by atoms with van der Waals surface area (Å²) in [6.07, 6.45) is 1.75. The number of H-pyrrole nitrogens is 1. The van der Waals surface area contributed by atoms with E-state index in [9.17, 15) is 4.79 Å². The van der Waals surface area contributed by atoms with Crippen LogP contribution in [0.15, 0.2) is 28.1 Å². The van der Waals surface area contributed by atoms with Crippen LogP contribution in [0.25, 0.3) is 11.5 Å². The van der Waals surface area contributed by atoms with Gasteiger partial charge in [-0.1, -0.05) is 16.9 Å². The monoisotopic (exact) mass is 225 g/mol. The van der Waals surface area contributed by atoms with Gasteiger partial charge in [0, 0.05) is 6.20 Å². The topological polar surface area (TPSA) is 92.0 Å². The summed E-state index contributed by atoms with van der Waals surface area (Å²) < 4.78 is 4.86. The van der Waals surface area contributed by atoms with Gasteiger partial charge >= 0.3 is 5.97 Å². The number of hydrogen-bond acceptors (Lipinski definition) is 5. The largest absolute Gasteiger partial charge is 0.481 e. The van der Waals surface area contributed by atoms with Crippen molar-refractivity contribution in [3.05, 3.63) is 18.3 Å². The fourth-order valence-corrected chi connectivity index (χ4v) is 1.46. The van der Waals surface area contributed by atoms with Gasteiger partial charge in [0.15, 0.2) is 0 Å². The number of carboxylic acid groups (broad SMARTS) is 1. The Balaban J connectivity index is 2.08. The fourth-order valence-electron chi connectivity index (χ4n) is 0.971. The first-order valence-electron chi connectivity index (χ1n) is 4.08. The van der Waals surface area contributed by atoms with E-state index in [0.29, 0.717) is 5.82 Å². The number of aromatic nitrogens is 3. The lowest BCUT2D eigenvalue weighted by Gasteiger charge is -1.87. The smallest absolute Gasteiger partial charge is 0.314 e. The number of hydrogen-bond donors (Lipinski definition) is 2. The van der Waals surface area contributed by atoms with Crippen LogP contribution in [-0.2, 0) is 4.79 Å². The van der Waals surface area contributed by atoms with E-state index >= 15 is 0 Å². The van der Waals surface area contributed by atoms with Crippen LogP contribution < -0.4 is 0 Å². The molecule has 7 heteroatoms. The number of thioether (sulfide) groups is 1. The van der Waals surface area contributed by atoms with Gasteiger partial charge in [0.1, 0.15) is 5.75 Å². The zero-order chi connectivity index (χ0) is 10.7. The molecule has 2 heterocycles. The summed E-state index contributed by atoms with van der Waals surface area (Å²) in [5.74, 6) is -0.584. The van der Waals surface area contributed by atoms with Crippen LogP contribution in [0.2, 0.25) is 0 Å². The summed E-state index contributed by atoms with van der Waals surface area (Å²) in [4.78, 5) is 17.2. The molecule has 0 aliphatic heterocycles. The van der Waals surface area contributed by atoms with Gasteiger partial charge in [-0.3, -0.25) is 4.79 Å². The molecule has 0 saturated carbocycles. The van der Waals surface area contributed by atoms with Crippen molar-refractivity contribution >= 4 is 17.7 Å². The summed E-state index contributed by atoms with van der Waals surface area (Å²) in [6, 6.07) is 3.62. The van der Waals surface area contributed by atoms with Crippen molar-refractivity contribution in [2.75, 3.05) is 5.75 Å². The van der Waals surface area contributed by atoms with Crippen molar-refractivity contribution in [1.82, 2.24) is 15.1 Å². The van der Waals surface area contributed by atoms with Crippen LogP contribution in [0.1, 0.15) is 0 Å². The minimum Gasteiger partial charge on any atom is -0.481 e. The summed E-state index contributed by atoms with van der Waals surface area (Å²) in [5, 5.41) is 12.4. The lowest BCUT2D eigenvalue weighted by Crippen LogP contribution is -1.97. The van der Waals surface area contributed by atoms with E-state index < -0.39 is 5.97 Å². The Bertz CT molecular complexity index is 451. The predicted octanol–water partition coefficient (Wildman–Crippen LogP) is 1.24. The van der Waals surface area contributed by atoms with Crippen molar-refractivity contribution in [3.8, 4) is 11.5 Å². The molecule has 0 unspecified atom stereocenters. The number of rotatable bonds is 4. The molecule has 2 rings (SSSR count). The molecule has 0 radical (unpaired) electrons. The standard InChI is InChI=1S/C8H7N3O3S/c12-6(13)4-15-8-10-7(11-14-8)5-2-1-3-9-5/h1-3,9H,4H2,(H,12,13). The maximum absolute atomic E-state index is 10.3. The molecular formula is C8H7N3O3S. The number of nitrogens with zero attached hydrogens (tertiary/aromatic N) is 2. The van der Waals surface area contributed by atoms with Gasteiger partial charge in [-0.05, 0) is 12.1 Å². The van der Waals surface area contributed by atoms with E-state index in [0.717, 1.165) is 17.5 Å². The first kappa shape index (κ1) is 9.78. The highest BCUT2D eigenvalue weighted by Crippen LogP contribution is 2.19. The average Bonchev–Trinajstić information content (AvgIpc) is 2.85. The maximum atomic E-state index is 10.3. The zero-order valence-corrected chi connectivity index (χ0v) is 8.32. The summed E-state index contributed by atoms with van der Waals surface area (Å²) in [7, 11) is 0. The second-order valence-electron chi connectivity index (χ2n) is 2.65. The molecule has 15 heavy (non-hydrogen) atoms. The van der Waals surface area contributed by atoms with E-state index in [4.69, 9.17) is 9.63 Å². The summed E-state index contributed by atoms with van der Waals surface area (Å²) >= 11 is 0.993. The molecule has 0 saturated heterocycles. The van der Waals surface area contributed by atoms with Crippen LogP contribution in [0, 0.1) is 0 Å². The molecule has 2 aromatic rings. The predicted molar refractivity (Wildman–Crippen MR) is 52.4 cm³/mol. The Hall–Kier alpha value is -1.76. The van der Waals surface area contributed by atoms with E-state index in [1.165, 1.54) is 0 Å². The first-order valence-corrected chi connectivity index (χ1v) is 5.06. The van der Waals surface area contributed by atoms with Crippen LogP contribution in [0.3, 0.4) is 0 Å². The van der Waals surface area contributed by atoms with Gasteiger partial charge in [0.05, 0.1) is 5.69 Å². The average molecular weight is 225 g/mol. The highest BCUT2D eigenvalue weighted by molar-refractivity contribution is 7.99. The lowest BCUT2D eigenvalue weighted by atomic mass is 10.4. The van der Waals surface area contributed by atoms with Gasteiger partial charge in [-0.2, -0.15) is 4.98 Å². The Labute approximate surface area is 88.7 Å². The van der Waals surface area contributed by atoms with Crippen molar-refractivity contribution < 1.29 is 14.4 Å². The fraction of sp³-hybridized carbons (Fsp3) is 0.125. The third-order valence-corrected chi connectivity index (χ3v) is 2.37. The Kier molecular flexibility index (Phi) is 2.72. The Morgan fingerprint density at radius 1 is 1.67 bits per heavy atom. The number of aliphatic carboxylic acids is 1. The molecule has 0 aromatic carbocycles. The number of nitrogens with one attached hydrogen (secondary N) is 1. The number of carbonyl (C=O) groups is 1. The van der Waals surface area contributed by atoms with Crippen molar-refractivity contribution in [2.24, 2.45) is 0 Å². The zero-order valence-electron chi connectivity index (χ0n) is 7.51. The van der Waals surface area contributed by atoms with Crippen LogP contribution in [-0.4, -0.2) is 32.0 Å². The Morgan fingerprint density at radius 3 is 3.20 bits per heavy atom. The third kappa shape index (κ3) is 2.38. The molecule has 6 nitrogen and oxygen atoms in total. The number of carboxylic acids is 1. The molecule has 0 bridgehead atoms. The van der Waals surface area contributed by atoms with Crippen molar-refractivity contribution in [1.29, 1.82) is 0 Å². The molecule has 0 amide bonds. The van der Waals surface area contributed by atoms with Crippen LogP contribution in [0.5, 0.6) is 0 Å². The molecule has 0 aliphatic rings. The second-order valence-corrected chi connectivity index (χ2v) is 3.58. The Morgan fingerprint density at radius 2 is 2.53 bits per heavy atom. The van der Waals surface area contributed by atoms with Gasteiger partial charge in [-0.15, -0.1) is 0 Å². The number of aromatic amines is 1. The van der Waals surface area contributed by atoms with E-state index in [-0.39, 0.29) is 11.0 Å². The van der Waals surface area contributed by atoms with Gasteiger partial charge in [0.2, 0.25) is 5.82 Å². The molecule has 2 N–H and O–H groups in total. The van der Waals surface area contributed by atoms with E-state index in [2.05, 4.69) is 15.1 Å². The SMILES string of the molecule is O=C(O)CSc1nc(-c2ccc[nH]2)no1. The van der Waals surface area contributed by atoms with Gasteiger partial charge in [0.25, 0.3) is 5.22 Å². The van der Waals surface area contributed by atoms with E-state index in [1.807, 2.05) is 6.07 Å². The van der Waals surface area contributed by atoms with Crippen LogP contribution >= 0.6 is 11.8 Å². The minimum atomic E-state index is -0.917. The van der Waals surface area contributed by atoms with E-state index in [1.54, 1.807) is 12.3 Å². The molecule has 0 atom stereocenters. The molecular weight excluding hydrogens is 218 g/mol. The molecule has 78 valence electrons. The molecule has 0 fully saturated rings. The highest BCUT2D eigenvalue weighted by Gasteiger charge is 2.10. The maximum Gasteiger partial charge on any atom is 0.314 e. The summed E-state index contributed by atoms with van der Waals surface area (Å²) in [6.45, 7) is 0. The molecule has 0 spiro atoms. The van der Waals surface area contributed by atoms with Crippen molar-refractivity contribution in [2.45, 2.75) is 5.22 Å².